The molecular formula is CH64N4O60P5Si12. The molecule has 0 saturated carbocycles. The molecule has 1 radical (unpaired) electrons. The van der Waals surface area contributed by atoms with Crippen molar-refractivity contribution in [2.24, 2.45) is 5.40 Å². The minimum Gasteiger partial charge on any atom is -0.565 e. The van der Waals surface area contributed by atoms with Crippen molar-refractivity contribution in [2.45, 2.75) is 7.43 Å². The monoisotopic (exact) mass is 1580 g/mol. The molecule has 0 bridgehead atoms. The van der Waals surface area contributed by atoms with E-state index >= 15 is 0 Å². The molecule has 0 aromatic heterocycles. The van der Waals surface area contributed by atoms with E-state index in [9.17, 15) is 26.8 Å². The first kappa shape index (κ1) is 171. The summed E-state index contributed by atoms with van der Waals surface area (Å²) >= 11 is 0. The molecule has 0 saturated heterocycles. The highest BCUT2D eigenvalue weighted by molar-refractivity contribution is 7.40. The van der Waals surface area contributed by atoms with E-state index in [-0.39, 0.29) is 94.3 Å². The van der Waals surface area contributed by atoms with Gasteiger partial charge in [-0.1, -0.05) is 7.43 Å². The molecule has 0 fully saturated rings. The van der Waals surface area contributed by atoms with E-state index in [2.05, 4.69) is 72.3 Å². The summed E-state index contributed by atoms with van der Waals surface area (Å²) in [6.07, 6.45) is 0. The van der Waals surface area contributed by atoms with Gasteiger partial charge in [-0.25, -0.2) is 15.8 Å². The van der Waals surface area contributed by atoms with Crippen molar-refractivity contribution < 1.29 is 301 Å². The van der Waals surface area contributed by atoms with E-state index in [1.807, 2.05) is 0 Å². The Morgan fingerprint density at radius 1 is 0.463 bits per heavy atom. The lowest BCUT2D eigenvalue weighted by atomic mass is 12.0. The number of hydrogen-bond donors (Lipinski definition) is 25. The zero-order valence-corrected chi connectivity index (χ0v) is 54.0. The molecule has 64 nitrogen and oxygen atoms in total. The predicted molar refractivity (Wildman–Crippen MR) is 255 cm³/mol. The Bertz CT molecular complexity index is 1210. The maximum atomic E-state index is 10.1. The maximum absolute atomic E-state index is 10.1. The van der Waals surface area contributed by atoms with Gasteiger partial charge in [-0.05, 0) is 34.8 Å². The van der Waals surface area contributed by atoms with Crippen LogP contribution >= 0.6 is 44.4 Å². The Morgan fingerprint density at radius 3 is 0.732 bits per heavy atom. The fraction of sp³-hybridized carbons (Fsp3) is 1.00. The molecule has 82 heavy (non-hydrogen) atoms. The van der Waals surface area contributed by atoms with E-state index in [1.165, 1.54) is 0 Å². The topological polar surface area (TPSA) is 1280 Å². The highest BCUT2D eigenvalue weighted by Crippen LogP contribution is 2.27. The van der Waals surface area contributed by atoms with Crippen LogP contribution in [0.3, 0.4) is 0 Å². The highest BCUT2D eigenvalue weighted by atomic mass is 31.1. The van der Waals surface area contributed by atoms with Gasteiger partial charge < -0.3 is 177 Å². The van der Waals surface area contributed by atoms with Crippen LogP contribution < -0.4 is 10.3 Å². The lowest BCUT2D eigenvalue weighted by Gasteiger charge is -2.02. The zero-order chi connectivity index (χ0) is 56.0. The molecule has 0 amide bonds. The predicted octanol–water partition coefficient (Wildman–Crippen LogP) is -20.5. The zero-order valence-electron chi connectivity index (χ0n) is 37.1. The van der Waals surface area contributed by atoms with Gasteiger partial charge >= 0.3 is 83.4 Å². The number of hydrogen-bond acceptors (Lipinski definition) is 45. The third-order valence-electron chi connectivity index (χ3n) is 2.22. The van der Waals surface area contributed by atoms with Crippen molar-refractivity contribution in [3.63, 3.8) is 0 Å². The van der Waals surface area contributed by atoms with Crippen LogP contribution in [0.25, 0.3) is 0 Å². The van der Waals surface area contributed by atoms with Gasteiger partial charge in [-0.15, -0.1) is 0 Å². The fourth-order valence-electron chi connectivity index (χ4n) is 0.592. The van der Waals surface area contributed by atoms with Gasteiger partial charge in [0.2, 0.25) is 36.1 Å². The van der Waals surface area contributed by atoms with Crippen LogP contribution in [0.1, 0.15) is 8.85 Å². The summed E-state index contributed by atoms with van der Waals surface area (Å²) in [5, 5.41) is 117. The second-order valence-corrected chi connectivity index (χ2v) is 41.3. The SMILES string of the molecule is C.N=[Si][Si](=N)[Si](=N)N.O.O.O.O.O.O.O.O.O.O.O.O.O.O.O=[P+]([O-])OO.O=[Si](O)[Si](=O)O.O=[Si](O)[Si](=O)[Si](O)(O)O.O=[Si](O)[Si](=O)[Si](O)(O)O.O=[Si]=O.OO.OO.OO.OO.OOOOPOOOOPOOPOOPOOOO.[HH]. The van der Waals surface area contributed by atoms with Crippen molar-refractivity contribution >= 4 is 144 Å². The minimum atomic E-state index is -4.79. The maximum Gasteiger partial charge on any atom is 0.591 e. The third-order valence-corrected chi connectivity index (χ3v) is 29.9. The lowest BCUT2D eigenvalue weighted by molar-refractivity contribution is -0.605. The Morgan fingerprint density at radius 2 is 0.634 bits per heavy atom. The van der Waals surface area contributed by atoms with E-state index in [1.54, 1.807) is 0 Å². The summed E-state index contributed by atoms with van der Waals surface area (Å²) in [6, 6.07) is 0. The van der Waals surface area contributed by atoms with Gasteiger partial charge in [-0.3, -0.25) is 51.0 Å². The number of nitrogens with two attached hydrogens (primary N) is 1. The Kier molecular flexibility index (Phi) is 300. The second kappa shape index (κ2) is 144. The van der Waals surface area contributed by atoms with Gasteiger partial charge in [0.15, 0.2) is 16.5 Å². The molecular weight excluding hydrogens is 1520 g/mol. The van der Waals surface area contributed by atoms with Crippen LogP contribution in [0, 0.1) is 15.2 Å². The van der Waals surface area contributed by atoms with Gasteiger partial charge in [0.25, 0.3) is 8.27 Å². The summed E-state index contributed by atoms with van der Waals surface area (Å²) < 4.78 is 121. The van der Waals surface area contributed by atoms with Gasteiger partial charge in [0.05, 0.1) is 0 Å². The van der Waals surface area contributed by atoms with Crippen LogP contribution in [0.2, 0.25) is 0 Å². The van der Waals surface area contributed by atoms with E-state index in [0.29, 0.717) is 0 Å². The fourth-order valence-corrected chi connectivity index (χ4v) is 10.7. The van der Waals surface area contributed by atoms with Crippen molar-refractivity contribution in [1.82, 2.24) is 0 Å². The van der Waals surface area contributed by atoms with Crippen molar-refractivity contribution in [3.05, 3.63) is 0 Å². The van der Waals surface area contributed by atoms with Crippen molar-refractivity contribution in [3.8, 4) is 0 Å². The molecule has 0 spiro atoms. The first-order valence-electron chi connectivity index (χ1n) is 11.7. The molecule has 0 aliphatic heterocycles. The summed E-state index contributed by atoms with van der Waals surface area (Å²) in [5.74, 6) is 0. The second-order valence-electron chi connectivity index (χ2n) is 5.87. The lowest BCUT2D eigenvalue weighted by Crippen LogP contribution is -2.52. The normalized spacial score (nSPS) is 7.95. The summed E-state index contributed by atoms with van der Waals surface area (Å²) in [7, 11) is -40.3. The largest absolute Gasteiger partial charge is 0.591 e. The number of nitrogens with one attached hydrogen (secondary N) is 3. The molecule has 0 rings (SSSR count). The van der Waals surface area contributed by atoms with Gasteiger partial charge in [0.1, 0.15) is 0 Å². The van der Waals surface area contributed by atoms with Crippen LogP contribution in [0.15, 0.2) is 0 Å². The van der Waals surface area contributed by atoms with E-state index in [0.717, 1.165) is 0 Å². The Hall–Kier alpha value is -0.657. The van der Waals surface area contributed by atoms with Gasteiger partial charge in [0, 0.05) is 6.10 Å². The molecule has 521 valence electrons. The van der Waals surface area contributed by atoms with Gasteiger partial charge in [-0.2, -0.15) is 37.4 Å². The molecule has 81 heteroatoms. The van der Waals surface area contributed by atoms with E-state index in [4.69, 9.17) is 145 Å². The molecule has 0 heterocycles. The average molecular weight is 1580 g/mol. The van der Waals surface area contributed by atoms with Crippen LogP contribution in [-0.2, 0) is 113 Å². The highest BCUT2D eigenvalue weighted by Gasteiger charge is 2.48. The molecule has 0 aliphatic carbocycles. The van der Waals surface area contributed by atoms with Crippen molar-refractivity contribution in [1.29, 1.82) is 15.2 Å². The smallest absolute Gasteiger partial charge is 0.565 e. The average Bonchev–Trinajstić information content (AvgIpc) is 3.28. The molecule has 0 aliphatic rings. The molecule has 5 atom stereocenters. The van der Waals surface area contributed by atoms with Crippen LogP contribution in [0.4, 0.5) is 0 Å². The summed E-state index contributed by atoms with van der Waals surface area (Å²) in [5.41, 5.74) is 0. The van der Waals surface area contributed by atoms with Crippen LogP contribution in [-0.4, -0.2) is 282 Å². The minimum absolute atomic E-state index is 0. The Balaban J connectivity index is -0.0000000176. The van der Waals surface area contributed by atoms with Crippen LogP contribution in [0.5, 0.6) is 0 Å². The quantitative estimate of drug-likeness (QED) is 0.0133. The first-order valence-corrected chi connectivity index (χ1v) is 39.9. The molecule has 54 N–H and O–H groups in total. The number of rotatable bonds is 25. The molecule has 5 unspecified atom stereocenters. The Labute approximate surface area is 472 Å². The van der Waals surface area contributed by atoms with Crippen molar-refractivity contribution in [2.75, 3.05) is 0 Å². The summed E-state index contributed by atoms with van der Waals surface area (Å²) in [6.45, 7) is 0. The molecule has 0 aromatic carbocycles. The molecule has 0 aromatic rings. The standard InChI is InChI=1S/CH4.H5N4Si3.H6O16P4.2H4O6Si3.HO4P.H2O4Si2.O2Si.4H2O2.14H2O.H2/c;1-5-7(4)6(2)3;1-3-5-9-17-11-7-8-12-19-14-16-20-15-13-18-10-6-4-2;2*1-7(2)8(3)9(4,5)6;1-4-5(2)3;1-5(2)6(3)4;1-3-2;4*1-2;;;;;;;;;;;;;;;/h1H4;1-2,4H,3H2;1-2,17-20H;2*1,4-6H;1H;1,3H;;4*1-2H;14*1H2;1H. The van der Waals surface area contributed by atoms with E-state index < -0.39 is 135 Å². The third kappa shape index (κ3) is 208. The first-order chi connectivity index (χ1) is 31.1. The summed E-state index contributed by atoms with van der Waals surface area (Å²) in [4.78, 5) is 88.9.